The van der Waals surface area contributed by atoms with Gasteiger partial charge in [-0.2, -0.15) is 0 Å². The van der Waals surface area contributed by atoms with Crippen LogP contribution in [0, 0.1) is 5.41 Å². The molecule has 1 amide bonds. The van der Waals surface area contributed by atoms with Crippen LogP contribution in [-0.4, -0.2) is 11.0 Å². The Morgan fingerprint density at radius 1 is 1.00 bits per heavy atom. The number of amides is 1. The van der Waals surface area contributed by atoms with E-state index in [4.69, 9.17) is 0 Å². The van der Waals surface area contributed by atoms with Gasteiger partial charge in [-0.1, -0.05) is 60.7 Å². The summed E-state index contributed by atoms with van der Waals surface area (Å²) in [5, 5.41) is 14.0. The van der Waals surface area contributed by atoms with Crippen molar-refractivity contribution in [2.24, 2.45) is 5.41 Å². The second-order valence-electron chi connectivity index (χ2n) is 6.54. The summed E-state index contributed by atoms with van der Waals surface area (Å²) in [5.41, 5.74) is 1.87. The van der Waals surface area contributed by atoms with Crippen molar-refractivity contribution in [2.45, 2.75) is 31.8 Å². The number of nitrogens with one attached hydrogen (secondary N) is 1. The molecule has 0 aliphatic heterocycles. The first-order chi connectivity index (χ1) is 11.6. The van der Waals surface area contributed by atoms with Crippen molar-refractivity contribution >= 4 is 11.6 Å². The van der Waals surface area contributed by atoms with Gasteiger partial charge < -0.3 is 10.4 Å². The first kappa shape index (κ1) is 16.5. The van der Waals surface area contributed by atoms with Gasteiger partial charge in [-0.25, -0.2) is 0 Å². The number of aliphatic hydroxyl groups is 1. The molecule has 3 rings (SSSR count). The van der Waals surface area contributed by atoms with Crippen molar-refractivity contribution in [3.05, 3.63) is 78.4 Å². The Bertz CT molecular complexity index is 699. The average molecular weight is 321 g/mol. The van der Waals surface area contributed by atoms with E-state index in [1.807, 2.05) is 60.7 Å². The molecule has 2 aromatic rings. The summed E-state index contributed by atoms with van der Waals surface area (Å²) in [6.07, 6.45) is 1.94. The topological polar surface area (TPSA) is 49.3 Å². The summed E-state index contributed by atoms with van der Waals surface area (Å²) in [4.78, 5) is 13.1. The molecule has 0 spiro atoms. The maximum absolute atomic E-state index is 13.1. The molecule has 1 atom stereocenters. The summed E-state index contributed by atoms with van der Waals surface area (Å²) < 4.78 is 0. The van der Waals surface area contributed by atoms with Gasteiger partial charge in [-0.05, 0) is 43.4 Å². The van der Waals surface area contributed by atoms with Gasteiger partial charge in [0.2, 0.25) is 5.91 Å². The summed E-state index contributed by atoms with van der Waals surface area (Å²) in [6.45, 7) is 4.04. The standard InChI is InChI=1S/C21H23NO2/c1-16-12-14-21(15-13-16,19(23)17-8-4-2-5-9-17)20(24)22-18-10-6-3-7-11-18/h2-11,19,23H,1,12-15H2,(H,22,24)/t19-/m0/s1. The normalized spacial score (nSPS) is 18.0. The molecule has 0 heterocycles. The predicted molar refractivity (Wildman–Crippen MR) is 96.5 cm³/mol. The monoisotopic (exact) mass is 321 g/mol. The van der Waals surface area contributed by atoms with Gasteiger partial charge in [-0.15, -0.1) is 0 Å². The second kappa shape index (κ2) is 7.02. The highest BCUT2D eigenvalue weighted by Gasteiger charge is 2.46. The number of carbonyl (C=O) groups is 1. The third-order valence-electron chi connectivity index (χ3n) is 4.97. The highest BCUT2D eigenvalue weighted by atomic mass is 16.3. The molecule has 24 heavy (non-hydrogen) atoms. The molecule has 1 aliphatic rings. The number of para-hydroxylation sites is 1. The van der Waals surface area contributed by atoms with Crippen LogP contribution < -0.4 is 5.32 Å². The van der Waals surface area contributed by atoms with Crippen LogP contribution in [0.4, 0.5) is 5.69 Å². The molecule has 2 aromatic carbocycles. The Morgan fingerprint density at radius 2 is 1.54 bits per heavy atom. The number of allylic oxidation sites excluding steroid dienone is 1. The molecule has 2 N–H and O–H groups in total. The zero-order valence-electron chi connectivity index (χ0n) is 13.7. The number of carbonyl (C=O) groups excluding carboxylic acids is 1. The number of aliphatic hydroxyl groups excluding tert-OH is 1. The van der Waals surface area contributed by atoms with Gasteiger partial charge in [-0.3, -0.25) is 4.79 Å². The fourth-order valence-electron chi connectivity index (χ4n) is 3.41. The number of rotatable bonds is 4. The highest BCUT2D eigenvalue weighted by molar-refractivity contribution is 5.96. The summed E-state index contributed by atoms with van der Waals surface area (Å²) >= 11 is 0. The minimum absolute atomic E-state index is 0.113. The molecule has 3 heteroatoms. The molecule has 0 bridgehead atoms. The Kier molecular flexibility index (Phi) is 4.81. The molecule has 124 valence electrons. The maximum atomic E-state index is 13.1. The highest BCUT2D eigenvalue weighted by Crippen LogP contribution is 2.48. The molecule has 1 aliphatic carbocycles. The van der Waals surface area contributed by atoms with Crippen molar-refractivity contribution in [3.8, 4) is 0 Å². The second-order valence-corrected chi connectivity index (χ2v) is 6.54. The van der Waals surface area contributed by atoms with E-state index >= 15 is 0 Å². The van der Waals surface area contributed by atoms with E-state index in [-0.39, 0.29) is 5.91 Å². The first-order valence-corrected chi connectivity index (χ1v) is 8.38. The number of anilines is 1. The van der Waals surface area contributed by atoms with Gasteiger partial charge in [0, 0.05) is 5.69 Å². The third kappa shape index (κ3) is 3.26. The molecule has 3 nitrogen and oxygen atoms in total. The molecular weight excluding hydrogens is 298 g/mol. The molecule has 0 aromatic heterocycles. The molecule has 1 saturated carbocycles. The zero-order valence-corrected chi connectivity index (χ0v) is 13.7. The number of hydrogen-bond donors (Lipinski definition) is 2. The van der Waals surface area contributed by atoms with Crippen molar-refractivity contribution in [2.75, 3.05) is 5.32 Å². The lowest BCUT2D eigenvalue weighted by atomic mass is 9.66. The van der Waals surface area contributed by atoms with E-state index < -0.39 is 11.5 Å². The van der Waals surface area contributed by atoms with Crippen LogP contribution in [0.3, 0.4) is 0 Å². The molecule has 0 radical (unpaired) electrons. The Morgan fingerprint density at radius 3 is 2.12 bits per heavy atom. The van der Waals surface area contributed by atoms with Gasteiger partial charge in [0.1, 0.15) is 0 Å². The van der Waals surface area contributed by atoms with Crippen molar-refractivity contribution in [1.29, 1.82) is 0 Å². The molecule has 0 saturated heterocycles. The quantitative estimate of drug-likeness (QED) is 0.816. The lowest BCUT2D eigenvalue weighted by Gasteiger charge is -2.40. The van der Waals surface area contributed by atoms with Gasteiger partial charge >= 0.3 is 0 Å². The SMILES string of the molecule is C=C1CCC(C(=O)Nc2ccccc2)([C@@H](O)c2ccccc2)CC1. The van der Waals surface area contributed by atoms with Crippen LogP contribution in [0.2, 0.25) is 0 Å². The van der Waals surface area contributed by atoms with Crippen molar-refractivity contribution < 1.29 is 9.90 Å². The van der Waals surface area contributed by atoms with E-state index in [9.17, 15) is 9.90 Å². The van der Waals surface area contributed by atoms with E-state index in [1.165, 1.54) is 0 Å². The number of hydrogen-bond acceptors (Lipinski definition) is 2. The lowest BCUT2D eigenvalue weighted by molar-refractivity contribution is -0.135. The van der Waals surface area contributed by atoms with Crippen LogP contribution in [0.1, 0.15) is 37.4 Å². The van der Waals surface area contributed by atoms with E-state index in [2.05, 4.69) is 11.9 Å². The first-order valence-electron chi connectivity index (χ1n) is 8.38. The fourth-order valence-corrected chi connectivity index (χ4v) is 3.41. The minimum atomic E-state index is -0.824. The molecular formula is C21H23NO2. The summed E-state index contributed by atoms with van der Waals surface area (Å²) in [5.74, 6) is -0.113. The van der Waals surface area contributed by atoms with E-state index in [0.29, 0.717) is 12.8 Å². The fraction of sp³-hybridized carbons (Fsp3) is 0.286. The Balaban J connectivity index is 1.90. The van der Waals surface area contributed by atoms with Gasteiger partial charge in [0.25, 0.3) is 0 Å². The van der Waals surface area contributed by atoms with E-state index in [0.717, 1.165) is 29.7 Å². The van der Waals surface area contributed by atoms with Crippen LogP contribution in [-0.2, 0) is 4.79 Å². The zero-order chi connectivity index (χ0) is 17.0. The summed E-state index contributed by atoms with van der Waals surface area (Å²) in [6, 6.07) is 18.9. The Hall–Kier alpha value is -2.39. The van der Waals surface area contributed by atoms with Gasteiger partial charge in [0.05, 0.1) is 11.5 Å². The average Bonchev–Trinajstić information content (AvgIpc) is 2.63. The van der Waals surface area contributed by atoms with Crippen molar-refractivity contribution in [3.63, 3.8) is 0 Å². The Labute approximate surface area is 143 Å². The third-order valence-corrected chi connectivity index (χ3v) is 4.97. The number of benzene rings is 2. The van der Waals surface area contributed by atoms with E-state index in [1.54, 1.807) is 0 Å². The van der Waals surface area contributed by atoms with Crippen LogP contribution in [0.5, 0.6) is 0 Å². The van der Waals surface area contributed by atoms with Crippen LogP contribution >= 0.6 is 0 Å². The lowest BCUT2D eigenvalue weighted by Crippen LogP contribution is -2.43. The smallest absolute Gasteiger partial charge is 0.233 e. The minimum Gasteiger partial charge on any atom is -0.387 e. The van der Waals surface area contributed by atoms with Crippen molar-refractivity contribution in [1.82, 2.24) is 0 Å². The molecule has 1 fully saturated rings. The summed E-state index contributed by atoms with van der Waals surface area (Å²) in [7, 11) is 0. The predicted octanol–water partition coefficient (Wildman–Crippen LogP) is 4.48. The van der Waals surface area contributed by atoms with Crippen LogP contribution in [0.15, 0.2) is 72.8 Å². The van der Waals surface area contributed by atoms with Crippen LogP contribution in [0.25, 0.3) is 0 Å². The largest absolute Gasteiger partial charge is 0.387 e. The molecule has 0 unspecified atom stereocenters. The van der Waals surface area contributed by atoms with Gasteiger partial charge in [0.15, 0.2) is 0 Å². The maximum Gasteiger partial charge on any atom is 0.233 e.